The van der Waals surface area contributed by atoms with E-state index in [2.05, 4.69) is 22.4 Å². The number of rotatable bonds is 7. The molecule has 1 saturated heterocycles. The summed E-state index contributed by atoms with van der Waals surface area (Å²) < 4.78 is 5.43. The fraction of sp³-hybridized carbons (Fsp3) is 0.529. The molecule has 1 aromatic rings. The van der Waals surface area contributed by atoms with Gasteiger partial charge < -0.3 is 14.7 Å². The number of allylic oxidation sites excluding steroid dienone is 1. The lowest BCUT2D eigenvalue weighted by Crippen LogP contribution is -2.48. The number of aliphatic hydroxyl groups excluding tert-OH is 1. The van der Waals surface area contributed by atoms with Crippen LogP contribution in [0.5, 0.6) is 5.75 Å². The van der Waals surface area contributed by atoms with E-state index in [0.717, 1.165) is 57.0 Å². The Morgan fingerprint density at radius 3 is 2.67 bits per heavy atom. The van der Waals surface area contributed by atoms with E-state index in [0.29, 0.717) is 0 Å². The van der Waals surface area contributed by atoms with Crippen LogP contribution in [0.3, 0.4) is 0 Å². The molecule has 0 bridgehead atoms. The lowest BCUT2D eigenvalue weighted by atomic mass is 10.1. The molecule has 0 spiro atoms. The second-order valence-electron chi connectivity index (χ2n) is 5.48. The summed E-state index contributed by atoms with van der Waals surface area (Å²) in [7, 11) is 1.71. The van der Waals surface area contributed by atoms with Crippen LogP contribution in [0.4, 0.5) is 5.69 Å². The minimum atomic E-state index is -0.249. The average Bonchev–Trinajstić information content (AvgIpc) is 2.53. The summed E-state index contributed by atoms with van der Waals surface area (Å²) >= 11 is 0. The van der Waals surface area contributed by atoms with E-state index in [1.807, 2.05) is 24.3 Å². The first-order valence-electron chi connectivity index (χ1n) is 7.64. The molecule has 1 N–H and O–H groups in total. The molecule has 2 rings (SSSR count). The Balaban J connectivity index is 1.84. The molecule has 1 aromatic carbocycles. The maximum atomic E-state index is 9.97. The van der Waals surface area contributed by atoms with Crippen LogP contribution in [0.25, 0.3) is 0 Å². The summed E-state index contributed by atoms with van der Waals surface area (Å²) in [6, 6.07) is 8.14. The molecule has 1 atom stereocenters. The number of piperazine rings is 1. The van der Waals surface area contributed by atoms with Crippen LogP contribution in [-0.4, -0.2) is 55.9 Å². The third kappa shape index (κ3) is 4.48. The number of ether oxygens (including phenoxy) is 1. The van der Waals surface area contributed by atoms with Crippen molar-refractivity contribution in [2.24, 2.45) is 0 Å². The van der Waals surface area contributed by atoms with Crippen molar-refractivity contribution in [1.29, 1.82) is 0 Å². The maximum Gasteiger partial charge on any atom is 0.142 e. The van der Waals surface area contributed by atoms with E-state index in [4.69, 9.17) is 4.74 Å². The van der Waals surface area contributed by atoms with Crippen molar-refractivity contribution >= 4 is 5.69 Å². The Bertz CT molecular complexity index is 442. The first kappa shape index (κ1) is 15.9. The summed E-state index contributed by atoms with van der Waals surface area (Å²) in [6.07, 6.45) is 3.29. The van der Waals surface area contributed by atoms with Gasteiger partial charge in [-0.2, -0.15) is 0 Å². The Morgan fingerprint density at radius 1 is 1.29 bits per heavy atom. The molecule has 0 aromatic heterocycles. The fourth-order valence-corrected chi connectivity index (χ4v) is 2.76. The number of hydrogen-bond acceptors (Lipinski definition) is 4. The molecule has 0 aliphatic carbocycles. The van der Waals surface area contributed by atoms with E-state index < -0.39 is 0 Å². The van der Waals surface area contributed by atoms with Crippen molar-refractivity contribution in [3.63, 3.8) is 0 Å². The van der Waals surface area contributed by atoms with Gasteiger partial charge in [0.05, 0.1) is 18.9 Å². The van der Waals surface area contributed by atoms with E-state index >= 15 is 0 Å². The standard InChI is InChI=1S/C17H26N2O2/c1-3-4-7-15(20)14-18-10-12-19(13-11-18)16-8-5-6-9-17(16)21-2/h3,5-6,8-9,15,20H,1,4,7,10-14H2,2H3. The predicted molar refractivity (Wildman–Crippen MR) is 87.1 cm³/mol. The average molecular weight is 290 g/mol. The molecule has 4 nitrogen and oxygen atoms in total. The van der Waals surface area contributed by atoms with Gasteiger partial charge in [0.1, 0.15) is 5.75 Å². The highest BCUT2D eigenvalue weighted by molar-refractivity contribution is 5.58. The van der Waals surface area contributed by atoms with Crippen molar-refractivity contribution < 1.29 is 9.84 Å². The SMILES string of the molecule is C=CCCC(O)CN1CCN(c2ccccc2OC)CC1. The molecular formula is C17H26N2O2. The molecule has 1 unspecified atom stereocenters. The zero-order valence-corrected chi connectivity index (χ0v) is 12.9. The quantitative estimate of drug-likeness (QED) is 0.781. The number of methoxy groups -OCH3 is 1. The highest BCUT2D eigenvalue weighted by atomic mass is 16.5. The van der Waals surface area contributed by atoms with Crippen molar-refractivity contribution in [2.75, 3.05) is 44.7 Å². The summed E-state index contributed by atoms with van der Waals surface area (Å²) in [6.45, 7) is 8.34. The summed E-state index contributed by atoms with van der Waals surface area (Å²) in [5, 5.41) is 9.97. The van der Waals surface area contributed by atoms with Gasteiger partial charge in [-0.05, 0) is 25.0 Å². The monoisotopic (exact) mass is 290 g/mol. The van der Waals surface area contributed by atoms with Crippen LogP contribution < -0.4 is 9.64 Å². The Labute approximate surface area is 127 Å². The summed E-state index contributed by atoms with van der Waals surface area (Å²) in [5.41, 5.74) is 1.16. The molecule has 1 aliphatic heterocycles. The molecule has 116 valence electrons. The predicted octanol–water partition coefficient (Wildman–Crippen LogP) is 2.14. The topological polar surface area (TPSA) is 35.9 Å². The lowest BCUT2D eigenvalue weighted by molar-refractivity contribution is 0.103. The zero-order valence-electron chi connectivity index (χ0n) is 12.9. The van der Waals surface area contributed by atoms with Crippen molar-refractivity contribution in [1.82, 2.24) is 4.90 Å². The van der Waals surface area contributed by atoms with Gasteiger partial charge in [-0.1, -0.05) is 18.2 Å². The summed E-state index contributed by atoms with van der Waals surface area (Å²) in [4.78, 5) is 4.69. The number of aliphatic hydroxyl groups is 1. The minimum absolute atomic E-state index is 0.249. The van der Waals surface area contributed by atoms with Gasteiger partial charge >= 0.3 is 0 Å². The zero-order chi connectivity index (χ0) is 15.1. The third-order valence-corrected chi connectivity index (χ3v) is 3.97. The van der Waals surface area contributed by atoms with Crippen LogP contribution in [0.1, 0.15) is 12.8 Å². The second-order valence-corrected chi connectivity index (χ2v) is 5.48. The van der Waals surface area contributed by atoms with Crippen LogP contribution in [0.15, 0.2) is 36.9 Å². The smallest absolute Gasteiger partial charge is 0.142 e. The van der Waals surface area contributed by atoms with E-state index in [1.54, 1.807) is 7.11 Å². The van der Waals surface area contributed by atoms with Crippen LogP contribution in [0, 0.1) is 0 Å². The van der Waals surface area contributed by atoms with Crippen molar-refractivity contribution in [3.05, 3.63) is 36.9 Å². The van der Waals surface area contributed by atoms with E-state index in [1.165, 1.54) is 0 Å². The van der Waals surface area contributed by atoms with Crippen LogP contribution in [0.2, 0.25) is 0 Å². The van der Waals surface area contributed by atoms with E-state index in [9.17, 15) is 5.11 Å². The highest BCUT2D eigenvalue weighted by Crippen LogP contribution is 2.28. The van der Waals surface area contributed by atoms with Gasteiger partial charge in [-0.15, -0.1) is 6.58 Å². The van der Waals surface area contributed by atoms with Crippen molar-refractivity contribution in [2.45, 2.75) is 18.9 Å². The molecule has 0 radical (unpaired) electrons. The Kier molecular flexibility index (Phi) is 6.08. The number of anilines is 1. The van der Waals surface area contributed by atoms with Gasteiger partial charge in [0, 0.05) is 32.7 Å². The van der Waals surface area contributed by atoms with E-state index in [-0.39, 0.29) is 6.10 Å². The van der Waals surface area contributed by atoms with Crippen LogP contribution in [-0.2, 0) is 0 Å². The Morgan fingerprint density at radius 2 is 2.00 bits per heavy atom. The normalized spacial score (nSPS) is 17.5. The van der Waals surface area contributed by atoms with Crippen LogP contribution >= 0.6 is 0 Å². The number of nitrogens with zero attached hydrogens (tertiary/aromatic N) is 2. The minimum Gasteiger partial charge on any atom is -0.495 e. The molecule has 1 aliphatic rings. The van der Waals surface area contributed by atoms with Crippen molar-refractivity contribution in [3.8, 4) is 5.75 Å². The third-order valence-electron chi connectivity index (χ3n) is 3.97. The molecular weight excluding hydrogens is 264 g/mol. The van der Waals surface area contributed by atoms with Gasteiger partial charge in [0.15, 0.2) is 0 Å². The fourth-order valence-electron chi connectivity index (χ4n) is 2.76. The maximum absolute atomic E-state index is 9.97. The van der Waals surface area contributed by atoms with Gasteiger partial charge in [0.25, 0.3) is 0 Å². The highest BCUT2D eigenvalue weighted by Gasteiger charge is 2.20. The number of β-amino-alcohol motifs (C(OH)–C–C–N with tert-alkyl or cyclic N) is 1. The first-order valence-corrected chi connectivity index (χ1v) is 7.64. The Hall–Kier alpha value is -1.52. The molecule has 21 heavy (non-hydrogen) atoms. The molecule has 0 amide bonds. The molecule has 1 heterocycles. The first-order chi connectivity index (χ1) is 10.2. The number of benzene rings is 1. The molecule has 0 saturated carbocycles. The number of para-hydroxylation sites is 2. The second kappa shape index (κ2) is 8.05. The molecule has 4 heteroatoms. The van der Waals surface area contributed by atoms with Gasteiger partial charge in [0.2, 0.25) is 0 Å². The van der Waals surface area contributed by atoms with Gasteiger partial charge in [-0.25, -0.2) is 0 Å². The number of hydrogen-bond donors (Lipinski definition) is 1. The summed E-state index contributed by atoms with van der Waals surface area (Å²) in [5.74, 6) is 0.928. The molecule has 1 fully saturated rings. The lowest BCUT2D eigenvalue weighted by Gasteiger charge is -2.37. The largest absolute Gasteiger partial charge is 0.495 e. The van der Waals surface area contributed by atoms with Gasteiger partial charge in [-0.3, -0.25) is 4.90 Å².